The Morgan fingerprint density at radius 3 is 1.79 bits per heavy atom. The molecule has 2 amide bonds. The largest absolute Gasteiger partial charge is 0.508 e. The SMILES string of the molecule is CCCCCCCCCCCCCN(CCCc1ccc(O)cc1)C(=O)C(N)=O. The molecule has 0 heterocycles. The van der Waals surface area contributed by atoms with Gasteiger partial charge in [-0.05, 0) is 37.0 Å². The highest BCUT2D eigenvalue weighted by Crippen LogP contribution is 2.13. The van der Waals surface area contributed by atoms with Crippen LogP contribution in [0.4, 0.5) is 0 Å². The minimum atomic E-state index is -0.877. The first-order valence-corrected chi connectivity index (χ1v) is 11.4. The van der Waals surface area contributed by atoms with Crippen LogP contribution in [0, 0.1) is 0 Å². The zero-order valence-corrected chi connectivity index (χ0v) is 18.2. The molecule has 0 spiro atoms. The summed E-state index contributed by atoms with van der Waals surface area (Å²) in [4.78, 5) is 25.0. The van der Waals surface area contributed by atoms with Crippen molar-refractivity contribution in [2.75, 3.05) is 13.1 Å². The average molecular weight is 405 g/mol. The Labute approximate surface area is 176 Å². The van der Waals surface area contributed by atoms with E-state index >= 15 is 0 Å². The van der Waals surface area contributed by atoms with Crippen LogP contribution in [0.1, 0.15) is 89.5 Å². The molecule has 0 fully saturated rings. The van der Waals surface area contributed by atoms with Crippen molar-refractivity contribution in [2.45, 2.75) is 90.4 Å². The van der Waals surface area contributed by atoms with E-state index in [1.54, 1.807) is 17.0 Å². The lowest BCUT2D eigenvalue weighted by Crippen LogP contribution is -2.41. The van der Waals surface area contributed by atoms with Gasteiger partial charge in [0.05, 0.1) is 0 Å². The number of amides is 2. The van der Waals surface area contributed by atoms with Gasteiger partial charge in [-0.25, -0.2) is 0 Å². The van der Waals surface area contributed by atoms with Gasteiger partial charge in [-0.15, -0.1) is 0 Å². The third kappa shape index (κ3) is 12.2. The quantitative estimate of drug-likeness (QED) is 0.302. The van der Waals surface area contributed by atoms with Crippen LogP contribution < -0.4 is 5.73 Å². The minimum absolute atomic E-state index is 0.246. The van der Waals surface area contributed by atoms with Gasteiger partial charge in [-0.2, -0.15) is 0 Å². The molecule has 0 saturated carbocycles. The van der Waals surface area contributed by atoms with Crippen molar-refractivity contribution in [3.05, 3.63) is 29.8 Å². The summed E-state index contributed by atoms with van der Waals surface area (Å²) in [5, 5.41) is 9.33. The van der Waals surface area contributed by atoms with Crippen molar-refractivity contribution in [2.24, 2.45) is 5.73 Å². The fourth-order valence-electron chi connectivity index (χ4n) is 3.57. The van der Waals surface area contributed by atoms with E-state index in [0.717, 1.165) is 31.2 Å². The van der Waals surface area contributed by atoms with Gasteiger partial charge in [0.15, 0.2) is 0 Å². The molecule has 29 heavy (non-hydrogen) atoms. The number of carbonyl (C=O) groups excluding carboxylic acids is 2. The first-order chi connectivity index (χ1) is 14.0. The molecule has 1 aromatic rings. The van der Waals surface area contributed by atoms with Crippen molar-refractivity contribution in [1.29, 1.82) is 0 Å². The maximum absolute atomic E-state index is 12.1. The Balaban J connectivity index is 2.18. The molecule has 0 aliphatic rings. The Morgan fingerprint density at radius 1 is 0.793 bits per heavy atom. The van der Waals surface area contributed by atoms with Crippen LogP contribution in [0.15, 0.2) is 24.3 Å². The molecule has 1 aromatic carbocycles. The number of hydrogen-bond acceptors (Lipinski definition) is 3. The number of nitrogens with two attached hydrogens (primary N) is 1. The molecular formula is C24H40N2O3. The van der Waals surface area contributed by atoms with Crippen LogP contribution in [0.5, 0.6) is 5.75 Å². The summed E-state index contributed by atoms with van der Waals surface area (Å²) in [6.45, 7) is 3.36. The third-order valence-electron chi connectivity index (χ3n) is 5.36. The van der Waals surface area contributed by atoms with Gasteiger partial charge >= 0.3 is 11.8 Å². The number of rotatable bonds is 16. The van der Waals surface area contributed by atoms with E-state index in [1.165, 1.54) is 57.8 Å². The molecule has 5 nitrogen and oxygen atoms in total. The lowest BCUT2D eigenvalue weighted by atomic mass is 10.1. The first-order valence-electron chi connectivity index (χ1n) is 11.4. The van der Waals surface area contributed by atoms with Crippen molar-refractivity contribution in [3.8, 4) is 5.75 Å². The molecule has 0 radical (unpaired) electrons. The van der Waals surface area contributed by atoms with E-state index in [-0.39, 0.29) is 5.75 Å². The predicted octanol–water partition coefficient (Wildman–Crippen LogP) is 4.95. The van der Waals surface area contributed by atoms with Crippen molar-refractivity contribution in [1.82, 2.24) is 4.90 Å². The maximum Gasteiger partial charge on any atom is 0.311 e. The van der Waals surface area contributed by atoms with Crippen LogP contribution >= 0.6 is 0 Å². The Kier molecular flexibility index (Phi) is 13.6. The van der Waals surface area contributed by atoms with E-state index in [1.807, 2.05) is 12.1 Å². The standard InChI is InChI=1S/C24H40N2O3/c1-2-3-4-5-6-7-8-9-10-11-12-19-26(24(29)23(25)28)20-13-14-21-15-17-22(27)18-16-21/h15-18,27H,2-14,19-20H2,1H3,(H2,25,28). The van der Waals surface area contributed by atoms with E-state index in [9.17, 15) is 14.7 Å². The number of benzene rings is 1. The molecular weight excluding hydrogens is 364 g/mol. The molecule has 0 aromatic heterocycles. The van der Waals surface area contributed by atoms with Crippen LogP contribution in [0.3, 0.4) is 0 Å². The highest BCUT2D eigenvalue weighted by molar-refractivity contribution is 6.34. The molecule has 1 rings (SSSR count). The van der Waals surface area contributed by atoms with Gasteiger partial charge in [-0.1, -0.05) is 83.3 Å². The average Bonchev–Trinajstić information content (AvgIpc) is 2.71. The molecule has 0 aliphatic heterocycles. The third-order valence-corrected chi connectivity index (χ3v) is 5.36. The smallest absolute Gasteiger partial charge is 0.311 e. The number of primary amides is 1. The number of phenolic OH excluding ortho intramolecular Hbond substituents is 1. The number of nitrogens with zero attached hydrogens (tertiary/aromatic N) is 1. The second-order valence-corrected chi connectivity index (χ2v) is 7.96. The second kappa shape index (κ2) is 15.8. The van der Waals surface area contributed by atoms with E-state index in [4.69, 9.17) is 5.73 Å². The fraction of sp³-hybridized carbons (Fsp3) is 0.667. The highest BCUT2D eigenvalue weighted by atomic mass is 16.3. The van der Waals surface area contributed by atoms with Crippen LogP contribution in [0.2, 0.25) is 0 Å². The minimum Gasteiger partial charge on any atom is -0.508 e. The fourth-order valence-corrected chi connectivity index (χ4v) is 3.57. The van der Waals surface area contributed by atoms with Gasteiger partial charge in [0.2, 0.25) is 0 Å². The summed E-state index contributed by atoms with van der Waals surface area (Å²) >= 11 is 0. The predicted molar refractivity (Wildman–Crippen MR) is 119 cm³/mol. The van der Waals surface area contributed by atoms with E-state index in [2.05, 4.69) is 6.92 Å². The number of phenols is 1. The number of aromatic hydroxyl groups is 1. The molecule has 0 bridgehead atoms. The van der Waals surface area contributed by atoms with Gasteiger partial charge in [-0.3, -0.25) is 9.59 Å². The number of hydrogen-bond donors (Lipinski definition) is 2. The zero-order chi connectivity index (χ0) is 21.3. The lowest BCUT2D eigenvalue weighted by molar-refractivity contribution is -0.144. The number of carbonyl (C=O) groups is 2. The van der Waals surface area contributed by atoms with Crippen molar-refractivity contribution in [3.63, 3.8) is 0 Å². The highest BCUT2D eigenvalue weighted by Gasteiger charge is 2.18. The first kappa shape index (κ1) is 25.0. The normalized spacial score (nSPS) is 10.8. The summed E-state index contributed by atoms with van der Waals surface area (Å²) in [5.41, 5.74) is 6.31. The lowest BCUT2D eigenvalue weighted by Gasteiger charge is -2.21. The van der Waals surface area contributed by atoms with E-state index in [0.29, 0.717) is 13.1 Å². The topological polar surface area (TPSA) is 83.6 Å². The summed E-state index contributed by atoms with van der Waals surface area (Å²) in [6.07, 6.45) is 15.3. The molecule has 164 valence electrons. The molecule has 0 aliphatic carbocycles. The number of aryl methyl sites for hydroxylation is 1. The van der Waals surface area contributed by atoms with Gasteiger partial charge in [0.1, 0.15) is 5.75 Å². The maximum atomic E-state index is 12.1. The monoisotopic (exact) mass is 404 g/mol. The van der Waals surface area contributed by atoms with Crippen molar-refractivity contribution < 1.29 is 14.7 Å². The van der Waals surface area contributed by atoms with Gasteiger partial charge < -0.3 is 15.7 Å². The van der Waals surface area contributed by atoms with Crippen LogP contribution in [-0.2, 0) is 16.0 Å². The molecule has 0 unspecified atom stereocenters. The zero-order valence-electron chi connectivity index (χ0n) is 18.2. The Hall–Kier alpha value is -2.04. The number of unbranched alkanes of at least 4 members (excludes halogenated alkanes) is 10. The summed E-state index contributed by atoms with van der Waals surface area (Å²) in [6, 6.07) is 7.07. The molecule has 0 saturated heterocycles. The Bertz CT molecular complexity index is 572. The summed E-state index contributed by atoms with van der Waals surface area (Å²) in [7, 11) is 0. The Morgan fingerprint density at radius 2 is 1.28 bits per heavy atom. The molecule has 0 atom stereocenters. The van der Waals surface area contributed by atoms with Gasteiger partial charge in [0, 0.05) is 13.1 Å². The van der Waals surface area contributed by atoms with Crippen molar-refractivity contribution >= 4 is 11.8 Å². The van der Waals surface area contributed by atoms with Crippen LogP contribution in [0.25, 0.3) is 0 Å². The molecule has 5 heteroatoms. The summed E-state index contributed by atoms with van der Waals surface area (Å²) < 4.78 is 0. The van der Waals surface area contributed by atoms with Crippen LogP contribution in [-0.4, -0.2) is 34.9 Å². The summed E-state index contributed by atoms with van der Waals surface area (Å²) in [5.74, 6) is -1.21. The second-order valence-electron chi connectivity index (χ2n) is 7.96. The van der Waals surface area contributed by atoms with E-state index < -0.39 is 11.8 Å². The van der Waals surface area contributed by atoms with Gasteiger partial charge in [0.25, 0.3) is 0 Å². The molecule has 3 N–H and O–H groups in total.